The molecule has 0 aliphatic rings. The van der Waals surface area contributed by atoms with Gasteiger partial charge in [0.1, 0.15) is 0 Å². The molecule has 2 rings (SSSR count). The maximum atomic E-state index is 11.0. The van der Waals surface area contributed by atoms with Crippen LogP contribution < -0.4 is 0 Å². The van der Waals surface area contributed by atoms with E-state index in [2.05, 4.69) is 22.0 Å². The van der Waals surface area contributed by atoms with Crippen LogP contribution >= 0.6 is 15.9 Å². The smallest absolute Gasteiger partial charge is 0.258 e. The number of aryl methyl sites for hydroxylation is 1. The molecule has 0 aliphatic carbocycles. The lowest BCUT2D eigenvalue weighted by molar-refractivity contribution is -0.385. The van der Waals surface area contributed by atoms with Gasteiger partial charge in [0.2, 0.25) is 0 Å². The summed E-state index contributed by atoms with van der Waals surface area (Å²) in [6.45, 7) is 1.69. The zero-order chi connectivity index (χ0) is 15.4. The molecular weight excluding hydrogens is 332 g/mol. The van der Waals surface area contributed by atoms with Crippen LogP contribution in [-0.4, -0.2) is 4.92 Å². The van der Waals surface area contributed by atoms with E-state index < -0.39 is 4.92 Å². The second-order valence-electron chi connectivity index (χ2n) is 4.48. The number of nitro groups is 1. The summed E-state index contributed by atoms with van der Waals surface area (Å²) in [6, 6.07) is 14.4. The molecule has 4 nitrogen and oxygen atoms in total. The van der Waals surface area contributed by atoms with Gasteiger partial charge in [-0.1, -0.05) is 40.2 Å². The van der Waals surface area contributed by atoms with E-state index in [0.29, 0.717) is 16.7 Å². The average molecular weight is 343 g/mol. The summed E-state index contributed by atoms with van der Waals surface area (Å²) in [7, 11) is 0. The summed E-state index contributed by atoms with van der Waals surface area (Å²) >= 11 is 3.34. The number of hydrogen-bond acceptors (Lipinski definition) is 3. The van der Waals surface area contributed by atoms with Gasteiger partial charge < -0.3 is 0 Å². The quantitative estimate of drug-likeness (QED) is 0.350. The van der Waals surface area contributed by atoms with Crippen molar-refractivity contribution in [1.29, 1.82) is 5.26 Å². The first-order valence-electron chi connectivity index (χ1n) is 6.14. The standard InChI is InChI=1S/C16H11BrN2O2/c1-11-2-3-12(9-16(11)19(20)21)8-14(10-18)13-4-6-15(17)7-5-13/h2-9H,1H3/b14-8-. The molecule has 0 aromatic heterocycles. The molecule has 0 amide bonds. The third kappa shape index (κ3) is 3.56. The average Bonchev–Trinajstić information content (AvgIpc) is 2.47. The maximum Gasteiger partial charge on any atom is 0.272 e. The van der Waals surface area contributed by atoms with E-state index in [4.69, 9.17) is 0 Å². The molecule has 0 unspecified atom stereocenters. The number of halogens is 1. The molecule has 21 heavy (non-hydrogen) atoms. The van der Waals surface area contributed by atoms with Gasteiger partial charge in [-0.25, -0.2) is 0 Å². The Hall–Kier alpha value is -2.45. The first-order valence-corrected chi connectivity index (χ1v) is 6.93. The molecule has 0 radical (unpaired) electrons. The summed E-state index contributed by atoms with van der Waals surface area (Å²) in [5.41, 5.74) is 2.51. The lowest BCUT2D eigenvalue weighted by atomic mass is 10.0. The molecule has 0 heterocycles. The highest BCUT2D eigenvalue weighted by Crippen LogP contribution is 2.24. The van der Waals surface area contributed by atoms with Crippen LogP contribution in [0.15, 0.2) is 46.9 Å². The number of rotatable bonds is 3. The lowest BCUT2D eigenvalue weighted by Gasteiger charge is -2.02. The van der Waals surface area contributed by atoms with Gasteiger partial charge in [-0.2, -0.15) is 5.26 Å². The Morgan fingerprint density at radius 2 is 1.95 bits per heavy atom. The van der Waals surface area contributed by atoms with Crippen molar-refractivity contribution in [3.05, 3.63) is 73.7 Å². The fourth-order valence-electron chi connectivity index (χ4n) is 1.89. The minimum absolute atomic E-state index is 0.0526. The molecule has 0 atom stereocenters. The van der Waals surface area contributed by atoms with Crippen molar-refractivity contribution >= 4 is 33.3 Å². The number of nitro benzene ring substituents is 1. The van der Waals surface area contributed by atoms with E-state index in [1.54, 1.807) is 25.1 Å². The van der Waals surface area contributed by atoms with Crippen LogP contribution in [0.3, 0.4) is 0 Å². The van der Waals surface area contributed by atoms with Crippen LogP contribution in [0.25, 0.3) is 11.6 Å². The second kappa shape index (κ2) is 6.33. The zero-order valence-electron chi connectivity index (χ0n) is 11.2. The Morgan fingerprint density at radius 1 is 1.29 bits per heavy atom. The van der Waals surface area contributed by atoms with Gasteiger partial charge >= 0.3 is 0 Å². The molecule has 0 fully saturated rings. The molecule has 0 aliphatic heterocycles. The summed E-state index contributed by atoms with van der Waals surface area (Å²) in [5, 5.41) is 20.2. The Bertz CT molecular complexity index is 759. The third-order valence-corrected chi connectivity index (χ3v) is 3.55. The molecule has 2 aromatic rings. The summed E-state index contributed by atoms with van der Waals surface area (Å²) in [4.78, 5) is 10.5. The summed E-state index contributed by atoms with van der Waals surface area (Å²) < 4.78 is 0.925. The predicted molar refractivity (Wildman–Crippen MR) is 85.5 cm³/mol. The first kappa shape index (κ1) is 14.9. The van der Waals surface area contributed by atoms with Crippen molar-refractivity contribution in [3.63, 3.8) is 0 Å². The Labute approximate surface area is 130 Å². The van der Waals surface area contributed by atoms with Gasteiger partial charge in [0.15, 0.2) is 0 Å². The largest absolute Gasteiger partial charge is 0.272 e. The minimum Gasteiger partial charge on any atom is -0.258 e. The van der Waals surface area contributed by atoms with E-state index in [0.717, 1.165) is 10.0 Å². The minimum atomic E-state index is -0.418. The van der Waals surface area contributed by atoms with Crippen LogP contribution in [0.5, 0.6) is 0 Å². The molecule has 0 bridgehead atoms. The Balaban J connectivity index is 2.46. The fourth-order valence-corrected chi connectivity index (χ4v) is 2.15. The zero-order valence-corrected chi connectivity index (χ0v) is 12.8. The highest BCUT2D eigenvalue weighted by atomic mass is 79.9. The summed E-state index contributed by atoms with van der Waals surface area (Å²) in [5.74, 6) is 0. The van der Waals surface area contributed by atoms with E-state index in [1.807, 2.05) is 24.3 Å². The van der Waals surface area contributed by atoms with Gasteiger partial charge in [-0.3, -0.25) is 10.1 Å². The SMILES string of the molecule is Cc1ccc(/C=C(/C#N)c2ccc(Br)cc2)cc1[N+](=O)[O-]. The number of benzene rings is 2. The predicted octanol–water partition coefficient (Wildman–Crippen LogP) is 4.73. The van der Waals surface area contributed by atoms with E-state index in [-0.39, 0.29) is 5.69 Å². The number of nitrogens with zero attached hydrogens (tertiary/aromatic N) is 2. The van der Waals surface area contributed by atoms with E-state index in [1.165, 1.54) is 6.07 Å². The van der Waals surface area contributed by atoms with Crippen molar-refractivity contribution in [1.82, 2.24) is 0 Å². The molecule has 0 saturated heterocycles. The third-order valence-electron chi connectivity index (χ3n) is 3.02. The van der Waals surface area contributed by atoms with Crippen molar-refractivity contribution in [3.8, 4) is 6.07 Å². The Kier molecular flexibility index (Phi) is 4.51. The molecule has 2 aromatic carbocycles. The van der Waals surface area contributed by atoms with Gasteiger partial charge in [0, 0.05) is 16.1 Å². The van der Waals surface area contributed by atoms with Crippen LogP contribution in [0.1, 0.15) is 16.7 Å². The monoisotopic (exact) mass is 342 g/mol. The van der Waals surface area contributed by atoms with Gasteiger partial charge in [-0.05, 0) is 36.3 Å². The highest BCUT2D eigenvalue weighted by Gasteiger charge is 2.10. The molecular formula is C16H11BrN2O2. The van der Waals surface area contributed by atoms with Crippen molar-refractivity contribution in [2.75, 3.05) is 0 Å². The molecule has 0 saturated carbocycles. The van der Waals surface area contributed by atoms with Crippen LogP contribution in [0.2, 0.25) is 0 Å². The maximum absolute atomic E-state index is 11.0. The lowest BCUT2D eigenvalue weighted by Crippen LogP contribution is -1.92. The number of hydrogen-bond donors (Lipinski definition) is 0. The molecule has 0 spiro atoms. The van der Waals surface area contributed by atoms with Crippen molar-refractivity contribution < 1.29 is 4.92 Å². The van der Waals surface area contributed by atoms with E-state index in [9.17, 15) is 15.4 Å². The molecule has 104 valence electrons. The van der Waals surface area contributed by atoms with Crippen molar-refractivity contribution in [2.45, 2.75) is 6.92 Å². The van der Waals surface area contributed by atoms with E-state index >= 15 is 0 Å². The number of allylic oxidation sites excluding steroid dienone is 1. The van der Waals surface area contributed by atoms with Crippen LogP contribution in [0.4, 0.5) is 5.69 Å². The first-order chi connectivity index (χ1) is 10.0. The van der Waals surface area contributed by atoms with Gasteiger partial charge in [-0.15, -0.1) is 0 Å². The fraction of sp³-hybridized carbons (Fsp3) is 0.0625. The second-order valence-corrected chi connectivity index (χ2v) is 5.40. The highest BCUT2D eigenvalue weighted by molar-refractivity contribution is 9.10. The normalized spacial score (nSPS) is 11.0. The van der Waals surface area contributed by atoms with Crippen LogP contribution in [-0.2, 0) is 0 Å². The Morgan fingerprint density at radius 3 is 2.52 bits per heavy atom. The van der Waals surface area contributed by atoms with Gasteiger partial charge in [0.25, 0.3) is 5.69 Å². The summed E-state index contributed by atoms with van der Waals surface area (Å²) in [6.07, 6.45) is 1.65. The topological polar surface area (TPSA) is 66.9 Å². The van der Waals surface area contributed by atoms with Gasteiger partial charge in [0.05, 0.1) is 16.6 Å². The molecule has 0 N–H and O–H groups in total. The van der Waals surface area contributed by atoms with Crippen molar-refractivity contribution in [2.24, 2.45) is 0 Å². The number of nitriles is 1. The molecule has 5 heteroatoms. The van der Waals surface area contributed by atoms with Crippen LogP contribution in [0, 0.1) is 28.4 Å².